The van der Waals surface area contributed by atoms with Gasteiger partial charge in [-0.3, -0.25) is 0 Å². The number of hydrogen-bond acceptors (Lipinski definition) is 2. The van der Waals surface area contributed by atoms with E-state index in [-0.39, 0.29) is 24.0 Å². The highest BCUT2D eigenvalue weighted by molar-refractivity contribution is 14.0. The molecule has 5 heteroatoms. The number of anilines is 1. The number of nitrogens with one attached hydrogen (secondary N) is 1. The maximum absolute atomic E-state index is 10.2. The van der Waals surface area contributed by atoms with Crippen LogP contribution in [0.1, 0.15) is 40.7 Å². The maximum Gasteiger partial charge on any atom is 0.193 e. The fourth-order valence-corrected chi connectivity index (χ4v) is 3.47. The summed E-state index contributed by atoms with van der Waals surface area (Å²) >= 11 is 0. The molecule has 134 valence electrons. The SMILES string of the molecule is Cc1cc(C)cc(NC(N)=NCc2c(O)ccc3c2CCCC3)c1.I. The highest BCUT2D eigenvalue weighted by Gasteiger charge is 2.16. The third kappa shape index (κ3) is 4.87. The van der Waals surface area contributed by atoms with Crippen molar-refractivity contribution in [1.82, 2.24) is 0 Å². The van der Waals surface area contributed by atoms with Crippen LogP contribution in [0.5, 0.6) is 5.75 Å². The molecule has 0 atom stereocenters. The molecule has 4 nitrogen and oxygen atoms in total. The Morgan fingerprint density at radius 2 is 1.80 bits per heavy atom. The molecule has 0 saturated heterocycles. The van der Waals surface area contributed by atoms with Gasteiger partial charge in [0.15, 0.2) is 5.96 Å². The van der Waals surface area contributed by atoms with Gasteiger partial charge in [-0.15, -0.1) is 24.0 Å². The summed E-state index contributed by atoms with van der Waals surface area (Å²) in [7, 11) is 0. The minimum atomic E-state index is 0. The van der Waals surface area contributed by atoms with Gasteiger partial charge in [0.2, 0.25) is 0 Å². The lowest BCUT2D eigenvalue weighted by molar-refractivity contribution is 0.465. The number of fused-ring (bicyclic) bond motifs is 1. The van der Waals surface area contributed by atoms with Gasteiger partial charge in [-0.1, -0.05) is 12.1 Å². The van der Waals surface area contributed by atoms with E-state index in [4.69, 9.17) is 5.73 Å². The number of guanidine groups is 1. The Kier molecular flexibility index (Phi) is 6.70. The van der Waals surface area contributed by atoms with Crippen LogP contribution in [0.25, 0.3) is 0 Å². The largest absolute Gasteiger partial charge is 0.508 e. The Labute approximate surface area is 166 Å². The number of phenolic OH excluding ortho intramolecular Hbond substituents is 1. The van der Waals surface area contributed by atoms with E-state index >= 15 is 0 Å². The van der Waals surface area contributed by atoms with Crippen molar-refractivity contribution in [2.75, 3.05) is 5.32 Å². The van der Waals surface area contributed by atoms with Gasteiger partial charge in [0.25, 0.3) is 0 Å². The number of hydrogen-bond donors (Lipinski definition) is 3. The molecule has 4 N–H and O–H groups in total. The van der Waals surface area contributed by atoms with Gasteiger partial charge < -0.3 is 16.2 Å². The van der Waals surface area contributed by atoms with Gasteiger partial charge in [0.1, 0.15) is 5.75 Å². The summed E-state index contributed by atoms with van der Waals surface area (Å²) in [6, 6.07) is 10.0. The summed E-state index contributed by atoms with van der Waals surface area (Å²) in [6.45, 7) is 4.51. The lowest BCUT2D eigenvalue weighted by atomic mass is 9.88. The number of aliphatic imine (C=N–C) groups is 1. The summed E-state index contributed by atoms with van der Waals surface area (Å²) in [6.07, 6.45) is 4.49. The van der Waals surface area contributed by atoms with Crippen molar-refractivity contribution in [3.05, 3.63) is 58.1 Å². The van der Waals surface area contributed by atoms with Gasteiger partial charge in [0.05, 0.1) is 6.54 Å². The molecule has 0 heterocycles. The van der Waals surface area contributed by atoms with Crippen molar-refractivity contribution in [2.45, 2.75) is 46.1 Å². The molecular formula is C20H26IN3O. The number of phenols is 1. The molecule has 0 aromatic heterocycles. The van der Waals surface area contributed by atoms with E-state index in [0.29, 0.717) is 18.3 Å². The summed E-state index contributed by atoms with van der Waals surface area (Å²) < 4.78 is 0. The molecule has 3 rings (SSSR count). The van der Waals surface area contributed by atoms with Crippen LogP contribution in [0.2, 0.25) is 0 Å². The average molecular weight is 451 g/mol. The van der Waals surface area contributed by atoms with Crippen molar-refractivity contribution in [2.24, 2.45) is 10.7 Å². The van der Waals surface area contributed by atoms with Crippen molar-refractivity contribution >= 4 is 35.6 Å². The summed E-state index contributed by atoms with van der Waals surface area (Å²) in [5.41, 5.74) is 12.8. The number of halogens is 1. The zero-order chi connectivity index (χ0) is 17.1. The lowest BCUT2D eigenvalue weighted by Crippen LogP contribution is -2.23. The first kappa shape index (κ1) is 19.6. The molecule has 0 unspecified atom stereocenters. The van der Waals surface area contributed by atoms with E-state index in [1.165, 1.54) is 35.1 Å². The smallest absolute Gasteiger partial charge is 0.193 e. The molecule has 2 aromatic rings. The van der Waals surface area contributed by atoms with Crippen LogP contribution in [0.4, 0.5) is 5.69 Å². The topological polar surface area (TPSA) is 70.6 Å². The van der Waals surface area contributed by atoms with E-state index in [0.717, 1.165) is 24.1 Å². The van der Waals surface area contributed by atoms with Gasteiger partial charge in [-0.05, 0) is 80.0 Å². The van der Waals surface area contributed by atoms with E-state index in [1.54, 1.807) is 6.07 Å². The predicted molar refractivity (Wildman–Crippen MR) is 115 cm³/mol. The number of benzene rings is 2. The number of nitrogens with zero attached hydrogens (tertiary/aromatic N) is 1. The summed E-state index contributed by atoms with van der Waals surface area (Å²) in [5.74, 6) is 0.686. The van der Waals surface area contributed by atoms with E-state index in [9.17, 15) is 5.11 Å². The minimum absolute atomic E-state index is 0. The highest BCUT2D eigenvalue weighted by Crippen LogP contribution is 2.31. The van der Waals surface area contributed by atoms with Gasteiger partial charge in [-0.25, -0.2) is 4.99 Å². The first-order valence-electron chi connectivity index (χ1n) is 8.51. The normalized spacial score (nSPS) is 13.8. The van der Waals surface area contributed by atoms with Crippen LogP contribution in [0, 0.1) is 13.8 Å². The second-order valence-corrected chi connectivity index (χ2v) is 6.61. The van der Waals surface area contributed by atoms with Crippen molar-refractivity contribution < 1.29 is 5.11 Å². The molecule has 0 amide bonds. The standard InChI is InChI=1S/C20H25N3O.HI/c1-13-9-14(2)11-16(10-13)23-20(21)22-12-18-17-6-4-3-5-15(17)7-8-19(18)24;/h7-11,24H,3-6,12H2,1-2H3,(H3,21,22,23);1H. The van der Waals surface area contributed by atoms with Gasteiger partial charge in [-0.2, -0.15) is 0 Å². The summed E-state index contributed by atoms with van der Waals surface area (Å²) in [4.78, 5) is 4.44. The molecule has 0 saturated carbocycles. The maximum atomic E-state index is 10.2. The van der Waals surface area contributed by atoms with Crippen LogP contribution in [-0.2, 0) is 19.4 Å². The van der Waals surface area contributed by atoms with Crippen LogP contribution >= 0.6 is 24.0 Å². The first-order valence-corrected chi connectivity index (χ1v) is 8.51. The molecule has 2 aromatic carbocycles. The average Bonchev–Trinajstić information content (AvgIpc) is 2.53. The van der Waals surface area contributed by atoms with Crippen LogP contribution in [-0.4, -0.2) is 11.1 Å². The number of aromatic hydroxyl groups is 1. The molecule has 0 radical (unpaired) electrons. The Morgan fingerprint density at radius 3 is 2.52 bits per heavy atom. The second kappa shape index (κ2) is 8.56. The quantitative estimate of drug-likeness (QED) is 0.367. The monoisotopic (exact) mass is 451 g/mol. The van der Waals surface area contributed by atoms with Gasteiger partial charge >= 0.3 is 0 Å². The van der Waals surface area contributed by atoms with Crippen LogP contribution < -0.4 is 11.1 Å². The van der Waals surface area contributed by atoms with E-state index < -0.39 is 0 Å². The zero-order valence-corrected chi connectivity index (χ0v) is 17.1. The third-order valence-corrected chi connectivity index (χ3v) is 4.53. The molecular weight excluding hydrogens is 425 g/mol. The Bertz CT molecular complexity index is 767. The predicted octanol–water partition coefficient (Wildman–Crippen LogP) is 4.43. The van der Waals surface area contributed by atoms with Crippen molar-refractivity contribution in [3.8, 4) is 5.75 Å². The molecule has 1 aliphatic rings. The van der Waals surface area contributed by atoms with Crippen LogP contribution in [0.15, 0.2) is 35.3 Å². The number of nitrogens with two attached hydrogens (primary N) is 1. The molecule has 0 fully saturated rings. The fraction of sp³-hybridized carbons (Fsp3) is 0.350. The summed E-state index contributed by atoms with van der Waals surface area (Å²) in [5, 5.41) is 13.4. The zero-order valence-electron chi connectivity index (χ0n) is 14.8. The molecule has 1 aliphatic carbocycles. The number of aryl methyl sites for hydroxylation is 3. The Morgan fingerprint density at radius 1 is 1.12 bits per heavy atom. The highest BCUT2D eigenvalue weighted by atomic mass is 127. The molecule has 25 heavy (non-hydrogen) atoms. The van der Waals surface area contributed by atoms with E-state index in [1.807, 2.05) is 18.2 Å². The van der Waals surface area contributed by atoms with Crippen molar-refractivity contribution in [3.63, 3.8) is 0 Å². The number of rotatable bonds is 3. The lowest BCUT2D eigenvalue weighted by Gasteiger charge is -2.19. The van der Waals surface area contributed by atoms with E-state index in [2.05, 4.69) is 30.2 Å². The molecule has 0 spiro atoms. The van der Waals surface area contributed by atoms with Crippen molar-refractivity contribution in [1.29, 1.82) is 0 Å². The fourth-order valence-electron chi connectivity index (χ4n) is 3.47. The Balaban J connectivity index is 0.00000225. The van der Waals surface area contributed by atoms with Gasteiger partial charge in [0, 0.05) is 11.3 Å². The minimum Gasteiger partial charge on any atom is -0.508 e. The second-order valence-electron chi connectivity index (χ2n) is 6.61. The van der Waals surface area contributed by atoms with Crippen LogP contribution in [0.3, 0.4) is 0 Å². The Hall–Kier alpha value is -1.76. The molecule has 0 bridgehead atoms. The third-order valence-electron chi connectivity index (χ3n) is 4.53. The molecule has 0 aliphatic heterocycles. The first-order chi connectivity index (χ1) is 11.5.